The van der Waals surface area contributed by atoms with Crippen LogP contribution in [-0.4, -0.2) is 47.6 Å². The van der Waals surface area contributed by atoms with Gasteiger partial charge in [-0.15, -0.1) is 0 Å². The smallest absolute Gasteiger partial charge is 0.333 e. The lowest BCUT2D eigenvalue weighted by atomic mass is 9.39. The molecule has 1 aromatic rings. The lowest BCUT2D eigenvalue weighted by Gasteiger charge is -2.65. The first-order valence-electron chi connectivity index (χ1n) is 14.3. The van der Waals surface area contributed by atoms with Crippen LogP contribution < -0.4 is 0 Å². The van der Waals surface area contributed by atoms with E-state index >= 15 is 0 Å². The fraction of sp³-hybridized carbons (Fsp3) is 0.625. The molecule has 1 saturated heterocycles. The van der Waals surface area contributed by atoms with Crippen LogP contribution in [0.3, 0.4) is 0 Å². The largest absolute Gasteiger partial charge is 0.472 e. The number of carbonyl (C=O) groups is 4. The maximum Gasteiger partial charge on any atom is 0.333 e. The lowest BCUT2D eigenvalue weighted by molar-refractivity contribution is -0.223. The van der Waals surface area contributed by atoms with Gasteiger partial charge in [-0.3, -0.25) is 14.4 Å². The number of fused-ring (bicyclic) bond motifs is 6. The predicted molar refractivity (Wildman–Crippen MR) is 146 cm³/mol. The number of aliphatic hydroxyl groups is 1. The highest BCUT2D eigenvalue weighted by molar-refractivity contribution is 5.99. The molecule has 9 nitrogen and oxygen atoms in total. The zero-order valence-electron chi connectivity index (χ0n) is 24.8. The Kier molecular flexibility index (Phi) is 6.92. The van der Waals surface area contributed by atoms with E-state index in [1.807, 2.05) is 20.8 Å². The van der Waals surface area contributed by atoms with Crippen LogP contribution in [0, 0.1) is 34.0 Å². The van der Waals surface area contributed by atoms with Crippen molar-refractivity contribution in [3.8, 4) is 0 Å². The van der Waals surface area contributed by atoms with Crippen LogP contribution in [0.2, 0.25) is 0 Å². The molecule has 3 aliphatic carbocycles. The van der Waals surface area contributed by atoms with Crippen molar-refractivity contribution in [2.24, 2.45) is 34.0 Å². The third-order valence-electron chi connectivity index (χ3n) is 10.9. The number of methoxy groups -OCH3 is 1. The van der Waals surface area contributed by atoms with Crippen molar-refractivity contribution in [1.82, 2.24) is 0 Å². The van der Waals surface area contributed by atoms with E-state index in [9.17, 15) is 24.3 Å². The van der Waals surface area contributed by atoms with Crippen LogP contribution in [0.1, 0.15) is 78.9 Å². The van der Waals surface area contributed by atoms with Crippen molar-refractivity contribution in [1.29, 1.82) is 0 Å². The van der Waals surface area contributed by atoms with Crippen molar-refractivity contribution >= 4 is 23.7 Å². The van der Waals surface area contributed by atoms with Crippen LogP contribution in [0.5, 0.6) is 0 Å². The molecule has 222 valence electrons. The lowest BCUT2D eigenvalue weighted by Crippen LogP contribution is -2.74. The maximum absolute atomic E-state index is 14.5. The summed E-state index contributed by atoms with van der Waals surface area (Å²) < 4.78 is 22.2. The van der Waals surface area contributed by atoms with Gasteiger partial charge in [-0.1, -0.05) is 39.3 Å². The third-order valence-corrected chi connectivity index (χ3v) is 10.9. The van der Waals surface area contributed by atoms with Crippen molar-refractivity contribution < 1.29 is 42.9 Å². The molecule has 2 saturated carbocycles. The van der Waals surface area contributed by atoms with E-state index in [0.717, 1.165) is 11.1 Å². The number of allylic oxidation sites excluding steroid dienone is 2. The number of Topliss-reactive ketones (excluding diaryl/α,β-unsaturated/α-hetero) is 1. The van der Waals surface area contributed by atoms with Crippen LogP contribution in [0.25, 0.3) is 0 Å². The van der Waals surface area contributed by atoms with Crippen molar-refractivity contribution in [3.05, 3.63) is 47.5 Å². The number of ketones is 1. The molecule has 0 amide bonds. The molecule has 2 bridgehead atoms. The van der Waals surface area contributed by atoms with Gasteiger partial charge in [-0.2, -0.15) is 0 Å². The molecule has 0 spiro atoms. The van der Waals surface area contributed by atoms with E-state index in [-0.39, 0.29) is 30.6 Å². The number of cyclic esters (lactones) is 1. The Hall–Kier alpha value is -3.20. The molecule has 0 aromatic carbocycles. The molecule has 2 heterocycles. The van der Waals surface area contributed by atoms with Gasteiger partial charge in [0.15, 0.2) is 11.4 Å². The van der Waals surface area contributed by atoms with Gasteiger partial charge in [-0.25, -0.2) is 4.79 Å². The number of furan rings is 1. The van der Waals surface area contributed by atoms with Crippen LogP contribution in [0.4, 0.5) is 0 Å². The minimum atomic E-state index is -2.16. The Balaban J connectivity index is 1.71. The van der Waals surface area contributed by atoms with E-state index in [0.29, 0.717) is 18.4 Å². The predicted octanol–water partition coefficient (Wildman–Crippen LogP) is 4.64. The second kappa shape index (κ2) is 9.68. The van der Waals surface area contributed by atoms with Crippen LogP contribution in [0.15, 0.2) is 46.3 Å². The van der Waals surface area contributed by atoms with E-state index in [1.54, 1.807) is 44.6 Å². The van der Waals surface area contributed by atoms with E-state index < -0.39 is 57.7 Å². The zero-order valence-corrected chi connectivity index (χ0v) is 24.8. The number of esters is 3. The molecule has 41 heavy (non-hydrogen) atoms. The highest BCUT2D eigenvalue weighted by Gasteiger charge is 2.73. The average molecular weight is 569 g/mol. The Bertz CT molecular complexity index is 1340. The van der Waals surface area contributed by atoms with Crippen molar-refractivity contribution in [3.63, 3.8) is 0 Å². The standard InChI is InChI=1S/C32H40O9/c1-8-17(2)26(35)41-28-29(3,4)22(14-23(33)38-7)31(6)20-9-11-30(5)21(19(20)15-32(28,37)27(31)36)13-24(34)40-25(30)18-10-12-39-16-18/h8,10,12,15-16,20-22,25,28,37H,9,11,13-14H2,1-7H3/b17-8+/t20-,21-,22-,25-,28-,30+,31+,32-/m0/s1. The number of hydrogen-bond acceptors (Lipinski definition) is 9. The van der Waals surface area contributed by atoms with Gasteiger partial charge in [0.1, 0.15) is 12.2 Å². The summed E-state index contributed by atoms with van der Waals surface area (Å²) in [6.45, 7) is 10.9. The number of hydrogen-bond donors (Lipinski definition) is 1. The molecular weight excluding hydrogens is 528 g/mol. The van der Waals surface area contributed by atoms with E-state index in [2.05, 4.69) is 6.92 Å². The zero-order chi connectivity index (χ0) is 30.1. The summed E-state index contributed by atoms with van der Waals surface area (Å²) in [5.41, 5.74) is -3.03. The first kappa shape index (κ1) is 29.3. The molecule has 9 heteroatoms. The summed E-state index contributed by atoms with van der Waals surface area (Å²) in [7, 11) is 1.30. The molecule has 1 aliphatic heterocycles. The Morgan fingerprint density at radius 2 is 1.88 bits per heavy atom. The molecule has 0 radical (unpaired) electrons. The minimum Gasteiger partial charge on any atom is -0.472 e. The summed E-state index contributed by atoms with van der Waals surface area (Å²) in [4.78, 5) is 53.4. The summed E-state index contributed by atoms with van der Waals surface area (Å²) in [5, 5.41) is 12.4. The quantitative estimate of drug-likeness (QED) is 0.234. The second-order valence-corrected chi connectivity index (χ2v) is 13.3. The molecule has 0 unspecified atom stereocenters. The number of ether oxygens (including phenoxy) is 3. The van der Waals surface area contributed by atoms with Gasteiger partial charge in [0.2, 0.25) is 0 Å². The SMILES string of the molecule is C/C=C(\C)C(=O)O[C@H]1C(C)(C)[C@H](CC(=O)OC)[C@]2(C)C(=O)[C@@]1(O)C=C1[C@@H]3CC(=O)O[C@@H](c4ccoc4)[C@]3(C)CC[C@@H]12. The Labute approximate surface area is 240 Å². The Morgan fingerprint density at radius 1 is 1.17 bits per heavy atom. The highest BCUT2D eigenvalue weighted by Crippen LogP contribution is 2.69. The van der Waals surface area contributed by atoms with Gasteiger partial charge in [-0.05, 0) is 56.6 Å². The first-order chi connectivity index (χ1) is 19.2. The average Bonchev–Trinajstić information content (AvgIpc) is 3.46. The highest BCUT2D eigenvalue weighted by atomic mass is 16.6. The fourth-order valence-corrected chi connectivity index (χ4v) is 8.60. The molecule has 5 rings (SSSR count). The Morgan fingerprint density at radius 3 is 2.49 bits per heavy atom. The number of carbonyl (C=O) groups excluding carboxylic acids is 4. The topological polar surface area (TPSA) is 129 Å². The van der Waals surface area contributed by atoms with Gasteiger partial charge < -0.3 is 23.7 Å². The normalized spacial score (nSPS) is 39.6. The molecular formula is C32H40O9. The van der Waals surface area contributed by atoms with Gasteiger partial charge in [0, 0.05) is 33.8 Å². The van der Waals surface area contributed by atoms with E-state index in [1.165, 1.54) is 7.11 Å². The van der Waals surface area contributed by atoms with Crippen molar-refractivity contribution in [2.45, 2.75) is 85.0 Å². The maximum atomic E-state index is 14.5. The van der Waals surface area contributed by atoms with Gasteiger partial charge >= 0.3 is 17.9 Å². The monoisotopic (exact) mass is 568 g/mol. The summed E-state index contributed by atoms with van der Waals surface area (Å²) in [6, 6.07) is 1.79. The van der Waals surface area contributed by atoms with Gasteiger partial charge in [0.05, 0.1) is 26.1 Å². The molecule has 4 aliphatic rings. The summed E-state index contributed by atoms with van der Waals surface area (Å²) in [6.07, 6.45) is 5.67. The van der Waals surface area contributed by atoms with Crippen LogP contribution >= 0.6 is 0 Å². The molecule has 3 fully saturated rings. The van der Waals surface area contributed by atoms with Gasteiger partial charge in [0.25, 0.3) is 0 Å². The summed E-state index contributed by atoms with van der Waals surface area (Å²) >= 11 is 0. The fourth-order valence-electron chi connectivity index (χ4n) is 8.60. The third kappa shape index (κ3) is 4.06. The molecule has 8 atom stereocenters. The number of rotatable bonds is 5. The van der Waals surface area contributed by atoms with Crippen molar-refractivity contribution in [2.75, 3.05) is 7.11 Å². The second-order valence-electron chi connectivity index (χ2n) is 13.3. The molecule has 1 N–H and O–H groups in total. The van der Waals surface area contributed by atoms with Crippen LogP contribution in [-0.2, 0) is 33.4 Å². The summed E-state index contributed by atoms with van der Waals surface area (Å²) in [5.74, 6) is -3.31. The first-order valence-corrected chi connectivity index (χ1v) is 14.3. The minimum absolute atomic E-state index is 0.0841. The van der Waals surface area contributed by atoms with E-state index in [4.69, 9.17) is 18.6 Å². The molecule has 1 aromatic heterocycles.